The molecule has 37 heavy (non-hydrogen) atoms. The summed E-state index contributed by atoms with van der Waals surface area (Å²) >= 11 is 0. The number of nitrogens with one attached hydrogen (secondary N) is 1. The summed E-state index contributed by atoms with van der Waals surface area (Å²) in [5.74, 6) is -2.36. The second-order valence-electron chi connectivity index (χ2n) is 9.38. The van der Waals surface area contributed by atoms with E-state index in [-0.39, 0.29) is 11.3 Å². The number of ether oxygens (including phenoxy) is 1. The number of anilines is 1. The van der Waals surface area contributed by atoms with Crippen LogP contribution in [0.3, 0.4) is 0 Å². The first-order valence-corrected chi connectivity index (χ1v) is 11.5. The van der Waals surface area contributed by atoms with Gasteiger partial charge in [-0.15, -0.1) is 5.10 Å². The Bertz CT molecular complexity index is 1590. The fourth-order valence-corrected chi connectivity index (χ4v) is 5.00. The highest BCUT2D eigenvalue weighted by Gasteiger charge is 2.48. The number of aromatic nitrogens is 6. The number of rotatable bonds is 6. The van der Waals surface area contributed by atoms with Crippen LogP contribution in [-0.4, -0.2) is 41.9 Å². The molecule has 1 saturated carbocycles. The lowest BCUT2D eigenvalue weighted by Gasteiger charge is -2.24. The number of hydrogen-bond donors (Lipinski definition) is 1. The number of alkyl halides is 2. The highest BCUT2D eigenvalue weighted by Crippen LogP contribution is 2.50. The van der Waals surface area contributed by atoms with Crippen LogP contribution >= 0.6 is 0 Å². The van der Waals surface area contributed by atoms with E-state index in [1.807, 2.05) is 17.8 Å². The minimum Gasteiger partial charge on any atom is -0.415 e. The molecule has 1 amide bonds. The van der Waals surface area contributed by atoms with Crippen molar-refractivity contribution in [3.05, 3.63) is 65.3 Å². The molecule has 0 aliphatic heterocycles. The number of fused-ring (bicyclic) bond motifs is 3. The quantitative estimate of drug-likeness (QED) is 0.421. The Hall–Kier alpha value is -4.47. The van der Waals surface area contributed by atoms with Gasteiger partial charge in [-0.1, -0.05) is 0 Å². The van der Waals surface area contributed by atoms with E-state index in [1.54, 1.807) is 18.5 Å². The van der Waals surface area contributed by atoms with E-state index < -0.39 is 35.7 Å². The van der Waals surface area contributed by atoms with Crippen molar-refractivity contribution >= 4 is 17.2 Å². The average molecular weight is 508 g/mol. The molecule has 0 saturated heterocycles. The van der Waals surface area contributed by atoms with Crippen molar-refractivity contribution in [3.8, 4) is 11.9 Å². The minimum atomic E-state index is -3.14. The van der Waals surface area contributed by atoms with Gasteiger partial charge in [0.1, 0.15) is 11.6 Å². The molecule has 2 aliphatic carbocycles. The second kappa shape index (κ2) is 8.29. The van der Waals surface area contributed by atoms with E-state index >= 15 is 0 Å². The van der Waals surface area contributed by atoms with Crippen LogP contribution in [0.4, 0.5) is 18.9 Å². The van der Waals surface area contributed by atoms with Crippen molar-refractivity contribution in [2.75, 3.05) is 5.32 Å². The van der Waals surface area contributed by atoms with Crippen molar-refractivity contribution in [1.82, 2.24) is 29.4 Å². The fraction of sp³-hybridized carbons (Fsp3) is 0.333. The summed E-state index contributed by atoms with van der Waals surface area (Å²) in [5, 5.41) is 20.5. The van der Waals surface area contributed by atoms with E-state index in [1.165, 1.54) is 16.6 Å². The molecule has 0 aromatic carbocycles. The molecule has 1 fully saturated rings. The van der Waals surface area contributed by atoms with Crippen LogP contribution in [0, 0.1) is 17.3 Å². The zero-order chi connectivity index (χ0) is 25.9. The molecule has 4 aromatic heterocycles. The molecule has 4 aromatic rings. The lowest BCUT2D eigenvalue weighted by molar-refractivity contribution is -0.117. The second-order valence-corrected chi connectivity index (χ2v) is 9.38. The van der Waals surface area contributed by atoms with Gasteiger partial charge in [-0.3, -0.25) is 9.48 Å². The lowest BCUT2D eigenvalue weighted by atomic mass is 9.80. The molecule has 188 valence electrons. The van der Waals surface area contributed by atoms with Gasteiger partial charge in [-0.2, -0.15) is 23.5 Å². The Labute approximate surface area is 207 Å². The molecule has 13 heteroatoms. The van der Waals surface area contributed by atoms with Crippen LogP contribution in [0.15, 0.2) is 36.9 Å². The molecular weight excluding hydrogens is 489 g/mol. The largest absolute Gasteiger partial charge is 0.415 e. The van der Waals surface area contributed by atoms with Crippen LogP contribution < -0.4 is 10.1 Å². The van der Waals surface area contributed by atoms with Crippen LogP contribution in [0.1, 0.15) is 60.5 Å². The van der Waals surface area contributed by atoms with E-state index in [4.69, 9.17) is 0 Å². The fourth-order valence-electron chi connectivity index (χ4n) is 5.00. The van der Waals surface area contributed by atoms with Crippen molar-refractivity contribution in [3.63, 3.8) is 0 Å². The summed E-state index contributed by atoms with van der Waals surface area (Å²) in [4.78, 5) is 21.5. The highest BCUT2D eigenvalue weighted by molar-refractivity contribution is 5.97. The maximum Gasteiger partial charge on any atom is 0.388 e. The van der Waals surface area contributed by atoms with Crippen LogP contribution in [0.5, 0.6) is 5.88 Å². The maximum absolute atomic E-state index is 14.1. The molecule has 0 bridgehead atoms. The van der Waals surface area contributed by atoms with E-state index in [0.717, 1.165) is 24.6 Å². The Kier molecular flexibility index (Phi) is 5.15. The Balaban J connectivity index is 1.38. The van der Waals surface area contributed by atoms with Gasteiger partial charge in [0.2, 0.25) is 17.7 Å². The first kappa shape index (κ1) is 23.0. The number of amides is 1. The predicted molar refractivity (Wildman–Crippen MR) is 121 cm³/mol. The first-order valence-electron chi connectivity index (χ1n) is 11.5. The number of nitrogens with zero attached hydrogens (tertiary/aromatic N) is 7. The molecule has 2 aliphatic rings. The van der Waals surface area contributed by atoms with Gasteiger partial charge < -0.3 is 10.1 Å². The normalized spacial score (nSPS) is 20.7. The summed E-state index contributed by atoms with van der Waals surface area (Å²) in [5.41, 5.74) is 1.53. The summed E-state index contributed by atoms with van der Waals surface area (Å²) in [6.07, 6.45) is 8.83. The number of hydrogen-bond acceptors (Lipinski definition) is 7. The van der Waals surface area contributed by atoms with Crippen molar-refractivity contribution in [1.29, 1.82) is 5.26 Å². The Morgan fingerprint density at radius 1 is 1.27 bits per heavy atom. The third kappa shape index (κ3) is 3.85. The molecular formula is C24H19F3N8O2. The molecule has 0 unspecified atom stereocenters. The SMILES string of the molecule is C[C@]1(c2cnn(C3CC3)c2)C[C@@H](C(=O)Nc2cnc(OC(F)F)c(C#N)c2)c2cnc3cc(F)nn3c21. The van der Waals surface area contributed by atoms with E-state index in [2.05, 4.69) is 30.2 Å². The zero-order valence-electron chi connectivity index (χ0n) is 19.4. The zero-order valence-corrected chi connectivity index (χ0v) is 19.4. The lowest BCUT2D eigenvalue weighted by Crippen LogP contribution is -2.25. The Morgan fingerprint density at radius 2 is 2.08 bits per heavy atom. The van der Waals surface area contributed by atoms with E-state index in [9.17, 15) is 23.2 Å². The third-order valence-electron chi connectivity index (χ3n) is 6.91. The van der Waals surface area contributed by atoms with Crippen molar-refractivity contribution in [2.45, 2.75) is 50.2 Å². The number of nitriles is 1. The van der Waals surface area contributed by atoms with Gasteiger partial charge >= 0.3 is 6.61 Å². The van der Waals surface area contributed by atoms with E-state index in [0.29, 0.717) is 29.4 Å². The van der Waals surface area contributed by atoms with Gasteiger partial charge in [0.05, 0.1) is 35.7 Å². The maximum atomic E-state index is 14.1. The van der Waals surface area contributed by atoms with Gasteiger partial charge in [0, 0.05) is 35.0 Å². The molecule has 0 radical (unpaired) electrons. The topological polar surface area (TPSA) is 123 Å². The minimum absolute atomic E-state index is 0.138. The average Bonchev–Trinajstić information content (AvgIpc) is 3.31. The van der Waals surface area contributed by atoms with Gasteiger partial charge in [0.15, 0.2) is 5.65 Å². The van der Waals surface area contributed by atoms with Crippen molar-refractivity contribution < 1.29 is 22.7 Å². The third-order valence-corrected chi connectivity index (χ3v) is 6.91. The summed E-state index contributed by atoms with van der Waals surface area (Å²) in [7, 11) is 0. The standard InChI is InChI=1S/C24H19F3N8O2/c1-24(13-8-31-34(11-13)15-2-3-15)6-16(17-10-29-19-5-18(25)33-35(19)20(17)24)21(36)32-14-4-12(7-28)22(30-9-14)37-23(26)27/h4-5,8-11,15-16,23H,2-3,6H2,1H3,(H,32,36)/t16-,24-/m1/s1. The summed E-state index contributed by atoms with van der Waals surface area (Å²) < 4.78 is 46.9. The number of carbonyl (C=O) groups is 1. The van der Waals surface area contributed by atoms with Gasteiger partial charge in [-0.05, 0) is 32.3 Å². The van der Waals surface area contributed by atoms with Crippen LogP contribution in [0.2, 0.25) is 0 Å². The first-order chi connectivity index (χ1) is 17.8. The predicted octanol–water partition coefficient (Wildman–Crippen LogP) is 3.70. The molecule has 10 nitrogen and oxygen atoms in total. The van der Waals surface area contributed by atoms with Gasteiger partial charge in [-0.25, -0.2) is 14.5 Å². The van der Waals surface area contributed by atoms with Crippen LogP contribution in [-0.2, 0) is 10.2 Å². The molecule has 1 N–H and O–H groups in total. The Morgan fingerprint density at radius 3 is 2.81 bits per heavy atom. The summed E-state index contributed by atoms with van der Waals surface area (Å²) in [6.45, 7) is -1.19. The molecule has 2 atom stereocenters. The summed E-state index contributed by atoms with van der Waals surface area (Å²) in [6, 6.07) is 4.52. The smallest absolute Gasteiger partial charge is 0.388 e. The van der Waals surface area contributed by atoms with Gasteiger partial charge in [0.25, 0.3) is 0 Å². The number of carbonyl (C=O) groups excluding carboxylic acids is 1. The number of halogens is 3. The number of pyridine rings is 1. The molecule has 0 spiro atoms. The molecule has 6 rings (SSSR count). The van der Waals surface area contributed by atoms with Crippen LogP contribution in [0.25, 0.3) is 5.65 Å². The molecule has 4 heterocycles. The highest BCUT2D eigenvalue weighted by atomic mass is 19.3. The monoisotopic (exact) mass is 508 g/mol. The van der Waals surface area contributed by atoms with Crippen molar-refractivity contribution in [2.24, 2.45) is 0 Å².